The van der Waals surface area contributed by atoms with Crippen LogP contribution in [0.5, 0.6) is 0 Å². The number of aromatic nitrogens is 2. The normalized spacial score (nSPS) is 11.4. The number of nitrogens with one attached hydrogen (secondary N) is 1. The summed E-state index contributed by atoms with van der Waals surface area (Å²) in [4.78, 5) is 5.41. The third-order valence-corrected chi connectivity index (χ3v) is 4.47. The van der Waals surface area contributed by atoms with E-state index in [9.17, 15) is 8.78 Å². The molecule has 2 aromatic heterocycles. The van der Waals surface area contributed by atoms with Crippen LogP contribution in [-0.4, -0.2) is 16.1 Å². The Morgan fingerprint density at radius 2 is 2.10 bits per heavy atom. The third-order valence-electron chi connectivity index (χ3n) is 3.45. The molecule has 0 spiro atoms. The molecule has 0 aliphatic heterocycles. The Hall–Kier alpha value is -1.79. The van der Waals surface area contributed by atoms with E-state index in [2.05, 4.69) is 28.7 Å². The first-order chi connectivity index (χ1) is 10.1. The lowest BCUT2D eigenvalue weighted by Crippen LogP contribution is -2.19. The number of benzene rings is 1. The second kappa shape index (κ2) is 5.91. The Balaban J connectivity index is 1.63. The SMILES string of the molecule is Cc1ccsc1CNCCn1cnc2cc(F)c(F)cc21. The minimum atomic E-state index is -0.862. The first kappa shape index (κ1) is 14.2. The summed E-state index contributed by atoms with van der Waals surface area (Å²) >= 11 is 1.73. The van der Waals surface area contributed by atoms with E-state index in [1.807, 2.05) is 4.57 Å². The summed E-state index contributed by atoms with van der Waals surface area (Å²) in [6, 6.07) is 4.42. The fourth-order valence-electron chi connectivity index (χ4n) is 2.22. The van der Waals surface area contributed by atoms with Crippen LogP contribution < -0.4 is 5.32 Å². The highest BCUT2D eigenvalue weighted by atomic mass is 32.1. The highest BCUT2D eigenvalue weighted by Gasteiger charge is 2.08. The van der Waals surface area contributed by atoms with Crippen LogP contribution in [0.4, 0.5) is 8.78 Å². The van der Waals surface area contributed by atoms with Crippen molar-refractivity contribution in [1.82, 2.24) is 14.9 Å². The topological polar surface area (TPSA) is 29.9 Å². The van der Waals surface area contributed by atoms with E-state index in [4.69, 9.17) is 0 Å². The van der Waals surface area contributed by atoms with Crippen LogP contribution in [-0.2, 0) is 13.1 Å². The van der Waals surface area contributed by atoms with Crippen molar-refractivity contribution in [3.63, 3.8) is 0 Å². The molecule has 0 saturated carbocycles. The van der Waals surface area contributed by atoms with Gasteiger partial charge < -0.3 is 9.88 Å². The van der Waals surface area contributed by atoms with E-state index < -0.39 is 11.6 Å². The van der Waals surface area contributed by atoms with Gasteiger partial charge in [-0.25, -0.2) is 13.8 Å². The summed E-state index contributed by atoms with van der Waals surface area (Å²) < 4.78 is 28.2. The van der Waals surface area contributed by atoms with Crippen LogP contribution in [0.1, 0.15) is 10.4 Å². The van der Waals surface area contributed by atoms with Gasteiger partial charge in [0.05, 0.1) is 17.4 Å². The van der Waals surface area contributed by atoms with Crippen molar-refractivity contribution in [3.05, 3.63) is 52.0 Å². The zero-order valence-electron chi connectivity index (χ0n) is 11.6. The fraction of sp³-hybridized carbons (Fsp3) is 0.267. The van der Waals surface area contributed by atoms with Gasteiger partial charge in [-0.15, -0.1) is 11.3 Å². The van der Waals surface area contributed by atoms with Crippen molar-refractivity contribution in [2.75, 3.05) is 6.54 Å². The third kappa shape index (κ3) is 2.96. The van der Waals surface area contributed by atoms with Crippen molar-refractivity contribution in [2.24, 2.45) is 0 Å². The molecule has 0 radical (unpaired) electrons. The number of thiophene rings is 1. The van der Waals surface area contributed by atoms with Gasteiger partial charge in [-0.2, -0.15) is 0 Å². The standard InChI is InChI=1S/C15H15F2N3S/c1-10-2-5-21-15(10)8-18-3-4-20-9-19-13-6-11(16)12(17)7-14(13)20/h2,5-7,9,18H,3-4,8H2,1H3. The summed E-state index contributed by atoms with van der Waals surface area (Å²) in [7, 11) is 0. The first-order valence-electron chi connectivity index (χ1n) is 6.68. The Labute approximate surface area is 125 Å². The number of nitrogens with zero attached hydrogens (tertiary/aromatic N) is 2. The van der Waals surface area contributed by atoms with Crippen molar-refractivity contribution in [2.45, 2.75) is 20.0 Å². The van der Waals surface area contributed by atoms with Gasteiger partial charge in [-0.05, 0) is 23.9 Å². The summed E-state index contributed by atoms with van der Waals surface area (Å²) in [6.07, 6.45) is 1.61. The van der Waals surface area contributed by atoms with Crippen molar-refractivity contribution >= 4 is 22.4 Å². The van der Waals surface area contributed by atoms with Crippen LogP contribution >= 0.6 is 11.3 Å². The second-order valence-corrected chi connectivity index (χ2v) is 5.90. The molecule has 21 heavy (non-hydrogen) atoms. The molecule has 3 rings (SSSR count). The molecule has 0 fully saturated rings. The first-order valence-corrected chi connectivity index (χ1v) is 7.56. The van der Waals surface area contributed by atoms with Gasteiger partial charge in [0.1, 0.15) is 0 Å². The van der Waals surface area contributed by atoms with Gasteiger partial charge in [0, 0.05) is 36.6 Å². The quantitative estimate of drug-likeness (QED) is 0.731. The number of rotatable bonds is 5. The van der Waals surface area contributed by atoms with E-state index in [-0.39, 0.29) is 0 Å². The van der Waals surface area contributed by atoms with Gasteiger partial charge >= 0.3 is 0 Å². The van der Waals surface area contributed by atoms with E-state index in [1.54, 1.807) is 17.7 Å². The zero-order chi connectivity index (χ0) is 14.8. The lowest BCUT2D eigenvalue weighted by atomic mass is 10.3. The van der Waals surface area contributed by atoms with Crippen molar-refractivity contribution in [3.8, 4) is 0 Å². The molecule has 6 heteroatoms. The molecule has 110 valence electrons. The average Bonchev–Trinajstić information content (AvgIpc) is 3.03. The summed E-state index contributed by atoms with van der Waals surface area (Å²) in [5, 5.41) is 5.43. The molecule has 1 aromatic carbocycles. The van der Waals surface area contributed by atoms with Gasteiger partial charge in [-0.3, -0.25) is 0 Å². The second-order valence-electron chi connectivity index (χ2n) is 4.90. The van der Waals surface area contributed by atoms with Crippen molar-refractivity contribution in [1.29, 1.82) is 0 Å². The summed E-state index contributed by atoms with van der Waals surface area (Å²) in [5.74, 6) is -1.70. The smallest absolute Gasteiger partial charge is 0.161 e. The number of fused-ring (bicyclic) bond motifs is 1. The van der Waals surface area contributed by atoms with E-state index >= 15 is 0 Å². The van der Waals surface area contributed by atoms with Gasteiger partial charge in [0.25, 0.3) is 0 Å². The molecular formula is C15H15F2N3S. The average molecular weight is 307 g/mol. The highest BCUT2D eigenvalue weighted by Crippen LogP contribution is 2.17. The number of imidazole rings is 1. The number of aryl methyl sites for hydroxylation is 1. The van der Waals surface area contributed by atoms with Crippen LogP contribution in [0.2, 0.25) is 0 Å². The highest BCUT2D eigenvalue weighted by molar-refractivity contribution is 7.10. The van der Waals surface area contributed by atoms with Crippen LogP contribution in [0.15, 0.2) is 29.9 Å². The summed E-state index contributed by atoms with van der Waals surface area (Å²) in [5.41, 5.74) is 2.38. The fourth-order valence-corrected chi connectivity index (χ4v) is 3.09. The van der Waals surface area contributed by atoms with Gasteiger partial charge in [0.15, 0.2) is 11.6 Å². The minimum Gasteiger partial charge on any atom is -0.329 e. The largest absolute Gasteiger partial charge is 0.329 e. The molecular weight excluding hydrogens is 292 g/mol. The number of halogens is 2. The van der Waals surface area contributed by atoms with E-state index in [0.717, 1.165) is 19.2 Å². The Morgan fingerprint density at radius 3 is 2.86 bits per heavy atom. The predicted molar refractivity (Wildman–Crippen MR) is 80.4 cm³/mol. The van der Waals surface area contributed by atoms with E-state index in [1.165, 1.54) is 16.5 Å². The zero-order valence-corrected chi connectivity index (χ0v) is 12.4. The minimum absolute atomic E-state index is 0.475. The molecule has 3 aromatic rings. The maximum Gasteiger partial charge on any atom is 0.161 e. The van der Waals surface area contributed by atoms with Crippen molar-refractivity contribution < 1.29 is 8.78 Å². The molecule has 0 aliphatic carbocycles. The van der Waals surface area contributed by atoms with Gasteiger partial charge in [0.2, 0.25) is 0 Å². The molecule has 0 atom stereocenters. The molecule has 0 amide bonds. The number of hydrogen-bond donors (Lipinski definition) is 1. The molecule has 1 N–H and O–H groups in total. The number of hydrogen-bond acceptors (Lipinski definition) is 3. The molecule has 0 bridgehead atoms. The maximum atomic E-state index is 13.3. The van der Waals surface area contributed by atoms with Gasteiger partial charge in [-0.1, -0.05) is 0 Å². The van der Waals surface area contributed by atoms with Crippen LogP contribution in [0.25, 0.3) is 11.0 Å². The lowest BCUT2D eigenvalue weighted by Gasteiger charge is -2.06. The Bertz CT molecular complexity index is 763. The monoisotopic (exact) mass is 307 g/mol. The van der Waals surface area contributed by atoms with Crippen LogP contribution in [0.3, 0.4) is 0 Å². The lowest BCUT2D eigenvalue weighted by molar-refractivity contribution is 0.510. The summed E-state index contributed by atoms with van der Waals surface area (Å²) in [6.45, 7) is 4.31. The molecule has 0 aliphatic rings. The molecule has 3 nitrogen and oxygen atoms in total. The molecule has 2 heterocycles. The maximum absolute atomic E-state index is 13.3. The Kier molecular flexibility index (Phi) is 3.98. The molecule has 0 unspecified atom stereocenters. The van der Waals surface area contributed by atoms with Crippen LogP contribution in [0, 0.1) is 18.6 Å². The molecule has 0 saturated heterocycles. The Morgan fingerprint density at radius 1 is 1.29 bits per heavy atom. The predicted octanol–water partition coefficient (Wildman–Crippen LogP) is 3.47. The van der Waals surface area contributed by atoms with E-state index in [0.29, 0.717) is 17.6 Å².